The zero-order chi connectivity index (χ0) is 12.0. The molecule has 86 valence electrons. The first-order valence-corrected chi connectivity index (χ1v) is 6.26. The number of nitrogens with one attached hydrogen (secondary N) is 1. The molecule has 0 aliphatic carbocycles. The number of benzene rings is 1. The standard InChI is InChI=1S/C13H15BrClN/c1-3-5-13(16-8-4-2)11-9-10(15)6-7-12(11)14/h3-4,6-7,9,13,16H,1-2,5,8H2. The minimum atomic E-state index is 0.212. The van der Waals surface area contributed by atoms with Crippen molar-refractivity contribution in [2.24, 2.45) is 0 Å². The highest BCUT2D eigenvalue weighted by Crippen LogP contribution is 2.28. The van der Waals surface area contributed by atoms with E-state index < -0.39 is 0 Å². The smallest absolute Gasteiger partial charge is 0.0410 e. The normalized spacial score (nSPS) is 12.1. The van der Waals surface area contributed by atoms with E-state index in [0.29, 0.717) is 0 Å². The van der Waals surface area contributed by atoms with Crippen molar-refractivity contribution in [1.29, 1.82) is 0 Å². The second-order valence-corrected chi connectivity index (χ2v) is 4.73. The fraction of sp³-hybridized carbons (Fsp3) is 0.231. The molecule has 0 saturated carbocycles. The molecule has 0 spiro atoms. The Kier molecular flexibility index (Phi) is 5.81. The van der Waals surface area contributed by atoms with Gasteiger partial charge in [0, 0.05) is 22.1 Å². The molecule has 0 fully saturated rings. The average Bonchev–Trinajstić information content (AvgIpc) is 2.28. The van der Waals surface area contributed by atoms with Gasteiger partial charge >= 0.3 is 0 Å². The zero-order valence-electron chi connectivity index (χ0n) is 9.05. The molecular weight excluding hydrogens is 286 g/mol. The summed E-state index contributed by atoms with van der Waals surface area (Å²) in [5, 5.41) is 4.12. The molecule has 1 atom stereocenters. The Morgan fingerprint density at radius 1 is 1.38 bits per heavy atom. The van der Waals surface area contributed by atoms with Gasteiger partial charge in [-0.25, -0.2) is 0 Å². The monoisotopic (exact) mass is 299 g/mol. The topological polar surface area (TPSA) is 12.0 Å². The zero-order valence-corrected chi connectivity index (χ0v) is 11.4. The van der Waals surface area contributed by atoms with Gasteiger partial charge in [0.2, 0.25) is 0 Å². The van der Waals surface area contributed by atoms with E-state index in [0.717, 1.165) is 28.0 Å². The first-order chi connectivity index (χ1) is 7.69. The van der Waals surface area contributed by atoms with E-state index in [4.69, 9.17) is 11.6 Å². The summed E-state index contributed by atoms with van der Waals surface area (Å²) in [6.07, 6.45) is 4.59. The van der Waals surface area contributed by atoms with Crippen LogP contribution in [0.5, 0.6) is 0 Å². The second kappa shape index (κ2) is 6.89. The summed E-state index contributed by atoms with van der Waals surface area (Å²) in [5.74, 6) is 0. The van der Waals surface area contributed by atoms with Gasteiger partial charge in [-0.2, -0.15) is 0 Å². The highest BCUT2D eigenvalue weighted by atomic mass is 79.9. The minimum absolute atomic E-state index is 0.212. The highest BCUT2D eigenvalue weighted by Gasteiger charge is 2.12. The molecular formula is C13H15BrClN. The lowest BCUT2D eigenvalue weighted by Gasteiger charge is -2.18. The predicted molar refractivity (Wildman–Crippen MR) is 74.9 cm³/mol. The molecule has 1 rings (SSSR count). The van der Waals surface area contributed by atoms with Crippen LogP contribution >= 0.6 is 27.5 Å². The van der Waals surface area contributed by atoms with Crippen LogP contribution in [0.25, 0.3) is 0 Å². The largest absolute Gasteiger partial charge is 0.306 e. The SMILES string of the molecule is C=CCNC(CC=C)c1cc(Cl)ccc1Br. The van der Waals surface area contributed by atoms with Crippen LogP contribution in [0.4, 0.5) is 0 Å². The molecule has 0 aliphatic rings. The van der Waals surface area contributed by atoms with Crippen LogP contribution in [-0.4, -0.2) is 6.54 Å². The molecule has 1 N–H and O–H groups in total. The third kappa shape index (κ3) is 3.78. The molecule has 0 heterocycles. The van der Waals surface area contributed by atoms with Crippen molar-refractivity contribution in [2.45, 2.75) is 12.5 Å². The van der Waals surface area contributed by atoms with E-state index in [1.807, 2.05) is 30.4 Å². The Hall–Kier alpha value is -0.570. The van der Waals surface area contributed by atoms with Gasteiger partial charge in [0.15, 0.2) is 0 Å². The van der Waals surface area contributed by atoms with Crippen LogP contribution in [0, 0.1) is 0 Å². The molecule has 1 aromatic carbocycles. The van der Waals surface area contributed by atoms with Crippen molar-refractivity contribution in [3.63, 3.8) is 0 Å². The van der Waals surface area contributed by atoms with Crippen LogP contribution in [0.15, 0.2) is 48.0 Å². The molecule has 0 amide bonds. The number of rotatable bonds is 6. The Balaban J connectivity index is 2.94. The molecule has 0 radical (unpaired) electrons. The van der Waals surface area contributed by atoms with Crippen LogP contribution in [0.2, 0.25) is 5.02 Å². The molecule has 1 aromatic rings. The van der Waals surface area contributed by atoms with Gasteiger partial charge in [-0.1, -0.05) is 39.7 Å². The van der Waals surface area contributed by atoms with Crippen LogP contribution in [-0.2, 0) is 0 Å². The fourth-order valence-electron chi connectivity index (χ4n) is 1.49. The number of hydrogen-bond acceptors (Lipinski definition) is 1. The highest BCUT2D eigenvalue weighted by molar-refractivity contribution is 9.10. The third-order valence-corrected chi connectivity index (χ3v) is 3.20. The maximum atomic E-state index is 6.00. The van der Waals surface area contributed by atoms with Gasteiger partial charge in [-0.05, 0) is 30.2 Å². The lowest BCUT2D eigenvalue weighted by atomic mass is 10.0. The summed E-state index contributed by atoms with van der Waals surface area (Å²) in [6.45, 7) is 8.23. The van der Waals surface area contributed by atoms with E-state index in [1.54, 1.807) is 0 Å². The Morgan fingerprint density at radius 3 is 2.75 bits per heavy atom. The second-order valence-electron chi connectivity index (χ2n) is 3.44. The van der Waals surface area contributed by atoms with Crippen molar-refractivity contribution in [3.8, 4) is 0 Å². The molecule has 0 bridgehead atoms. The van der Waals surface area contributed by atoms with Crippen molar-refractivity contribution in [2.75, 3.05) is 6.54 Å². The minimum Gasteiger partial charge on any atom is -0.306 e. The summed E-state index contributed by atoms with van der Waals surface area (Å²) in [6, 6.07) is 6.01. The summed E-state index contributed by atoms with van der Waals surface area (Å²) in [5.41, 5.74) is 1.15. The van der Waals surface area contributed by atoms with E-state index in [-0.39, 0.29) is 6.04 Å². The van der Waals surface area contributed by atoms with E-state index in [1.165, 1.54) is 0 Å². The summed E-state index contributed by atoms with van der Waals surface area (Å²) >= 11 is 9.53. The first-order valence-electron chi connectivity index (χ1n) is 5.09. The number of hydrogen-bond donors (Lipinski definition) is 1. The van der Waals surface area contributed by atoms with Gasteiger partial charge in [0.05, 0.1) is 0 Å². The molecule has 0 saturated heterocycles. The van der Waals surface area contributed by atoms with Gasteiger partial charge in [-0.3, -0.25) is 0 Å². The first kappa shape index (κ1) is 13.5. The lowest BCUT2D eigenvalue weighted by molar-refractivity contribution is 0.573. The van der Waals surface area contributed by atoms with Gasteiger partial charge in [0.25, 0.3) is 0 Å². The quantitative estimate of drug-likeness (QED) is 0.763. The van der Waals surface area contributed by atoms with E-state index in [9.17, 15) is 0 Å². The average molecular weight is 301 g/mol. The summed E-state index contributed by atoms with van der Waals surface area (Å²) < 4.78 is 1.06. The lowest BCUT2D eigenvalue weighted by Crippen LogP contribution is -2.21. The van der Waals surface area contributed by atoms with E-state index >= 15 is 0 Å². The molecule has 3 heteroatoms. The van der Waals surface area contributed by atoms with Crippen LogP contribution in [0.3, 0.4) is 0 Å². The molecule has 16 heavy (non-hydrogen) atoms. The van der Waals surface area contributed by atoms with Crippen molar-refractivity contribution in [3.05, 3.63) is 58.6 Å². The van der Waals surface area contributed by atoms with E-state index in [2.05, 4.69) is 34.4 Å². The van der Waals surface area contributed by atoms with Crippen LogP contribution in [0.1, 0.15) is 18.0 Å². The van der Waals surface area contributed by atoms with Crippen molar-refractivity contribution >= 4 is 27.5 Å². The molecule has 0 aliphatic heterocycles. The fourth-order valence-corrected chi connectivity index (χ4v) is 2.20. The van der Waals surface area contributed by atoms with Crippen LogP contribution < -0.4 is 5.32 Å². The summed E-state index contributed by atoms with van der Waals surface area (Å²) in [7, 11) is 0. The van der Waals surface area contributed by atoms with Crippen molar-refractivity contribution in [1.82, 2.24) is 5.32 Å². The predicted octanol–water partition coefficient (Wildman–Crippen LogP) is 4.50. The Labute approximate surface area is 110 Å². The maximum absolute atomic E-state index is 6.00. The van der Waals surface area contributed by atoms with Crippen molar-refractivity contribution < 1.29 is 0 Å². The van der Waals surface area contributed by atoms with Gasteiger partial charge in [-0.15, -0.1) is 13.2 Å². The summed E-state index contributed by atoms with van der Waals surface area (Å²) in [4.78, 5) is 0. The third-order valence-electron chi connectivity index (χ3n) is 2.24. The Morgan fingerprint density at radius 2 is 2.12 bits per heavy atom. The molecule has 1 nitrogen and oxygen atoms in total. The number of halogens is 2. The molecule has 1 unspecified atom stereocenters. The van der Waals surface area contributed by atoms with Gasteiger partial charge in [0.1, 0.15) is 0 Å². The Bertz CT molecular complexity index is 376. The maximum Gasteiger partial charge on any atom is 0.0410 e. The van der Waals surface area contributed by atoms with Gasteiger partial charge < -0.3 is 5.32 Å². The molecule has 0 aromatic heterocycles.